The molecule has 1 saturated carbocycles. The van der Waals surface area contributed by atoms with Gasteiger partial charge in [0.2, 0.25) is 5.91 Å². The molecule has 0 bridgehead atoms. The van der Waals surface area contributed by atoms with Gasteiger partial charge in [-0.05, 0) is 82.8 Å². The van der Waals surface area contributed by atoms with Crippen molar-refractivity contribution in [3.8, 4) is 11.6 Å². The molecule has 2 fully saturated rings. The fourth-order valence-electron chi connectivity index (χ4n) is 6.49. The Morgan fingerprint density at radius 2 is 1.83 bits per heavy atom. The van der Waals surface area contributed by atoms with Gasteiger partial charge in [-0.1, -0.05) is 45.4 Å². The fourth-order valence-corrected chi connectivity index (χ4v) is 6.67. The zero-order valence-corrected chi connectivity index (χ0v) is 30.3. The fraction of sp³-hybridized carbons (Fsp3) is 0.639. The van der Waals surface area contributed by atoms with E-state index in [2.05, 4.69) is 21.9 Å². The topological polar surface area (TPSA) is 129 Å². The number of esters is 1. The number of nitrogens with one attached hydrogen (secondary N) is 1. The zero-order chi connectivity index (χ0) is 35.4. The summed E-state index contributed by atoms with van der Waals surface area (Å²) in [7, 11) is 1.56. The number of hydrogen-bond acceptors (Lipinski definition) is 9. The number of carbonyl (C=O) groups excluding carboxylic acids is 3. The van der Waals surface area contributed by atoms with Crippen molar-refractivity contribution in [1.82, 2.24) is 20.2 Å². The third kappa shape index (κ3) is 9.09. The van der Waals surface area contributed by atoms with Crippen molar-refractivity contribution in [1.29, 1.82) is 0 Å². The van der Waals surface area contributed by atoms with E-state index in [0.29, 0.717) is 16.8 Å². The van der Waals surface area contributed by atoms with Crippen molar-refractivity contribution in [3.05, 3.63) is 36.0 Å². The third-order valence-corrected chi connectivity index (χ3v) is 9.24. The predicted octanol–water partition coefficient (Wildman–Crippen LogP) is 6.89. The van der Waals surface area contributed by atoms with Crippen LogP contribution < -0.4 is 14.8 Å². The van der Waals surface area contributed by atoms with Crippen LogP contribution in [0.4, 0.5) is 4.79 Å². The van der Waals surface area contributed by atoms with Crippen LogP contribution in [0.25, 0.3) is 11.0 Å². The van der Waals surface area contributed by atoms with E-state index in [1.165, 1.54) is 4.90 Å². The van der Waals surface area contributed by atoms with Crippen molar-refractivity contribution >= 4 is 40.6 Å². The number of hydrogen-bond donors (Lipinski definition) is 1. The Bertz CT molecular complexity index is 1490. The highest BCUT2D eigenvalue weighted by molar-refractivity contribution is 6.31. The summed E-state index contributed by atoms with van der Waals surface area (Å²) in [5.74, 6) is -0.595. The number of amides is 2. The molecule has 1 aromatic heterocycles. The first-order chi connectivity index (χ1) is 22.5. The lowest BCUT2D eigenvalue weighted by Crippen LogP contribution is -2.58. The molecule has 0 spiro atoms. The Kier molecular flexibility index (Phi) is 11.9. The summed E-state index contributed by atoms with van der Waals surface area (Å²) in [4.78, 5) is 51.9. The maximum Gasteiger partial charge on any atom is 0.408 e. The minimum Gasteiger partial charge on any atom is -0.497 e. The average Bonchev–Trinajstić information content (AvgIpc) is 3.57. The first-order valence-corrected chi connectivity index (χ1v) is 17.2. The molecule has 2 amide bonds. The van der Waals surface area contributed by atoms with Gasteiger partial charge in [0.25, 0.3) is 5.88 Å². The molecule has 1 saturated heterocycles. The Labute approximate surface area is 289 Å². The Morgan fingerprint density at radius 3 is 2.48 bits per heavy atom. The van der Waals surface area contributed by atoms with Crippen LogP contribution in [0.15, 0.2) is 30.9 Å². The molecule has 48 heavy (non-hydrogen) atoms. The van der Waals surface area contributed by atoms with Crippen LogP contribution in [0, 0.1) is 17.3 Å². The number of methoxy groups -OCH3 is 1. The molecule has 2 aromatic rings. The van der Waals surface area contributed by atoms with Crippen LogP contribution >= 0.6 is 11.6 Å². The van der Waals surface area contributed by atoms with Crippen molar-refractivity contribution in [2.75, 3.05) is 13.7 Å². The van der Waals surface area contributed by atoms with Crippen molar-refractivity contribution in [2.45, 2.75) is 117 Å². The summed E-state index contributed by atoms with van der Waals surface area (Å²) in [6, 6.07) is 3.22. The van der Waals surface area contributed by atoms with Gasteiger partial charge in [-0.15, -0.1) is 6.58 Å². The average molecular weight is 687 g/mol. The van der Waals surface area contributed by atoms with Crippen LogP contribution in [0.3, 0.4) is 0 Å². The monoisotopic (exact) mass is 686 g/mol. The van der Waals surface area contributed by atoms with Gasteiger partial charge in [0.05, 0.1) is 24.7 Å². The Balaban J connectivity index is 1.58. The smallest absolute Gasteiger partial charge is 0.408 e. The van der Waals surface area contributed by atoms with E-state index in [9.17, 15) is 14.4 Å². The van der Waals surface area contributed by atoms with Crippen molar-refractivity contribution < 1.29 is 33.3 Å². The van der Waals surface area contributed by atoms with E-state index in [4.69, 9.17) is 30.5 Å². The number of aromatic nitrogens is 2. The molecule has 1 aromatic carbocycles. The normalized spacial score (nSPS) is 23.4. The maximum atomic E-state index is 14.5. The first kappa shape index (κ1) is 37.2. The lowest BCUT2D eigenvalue weighted by molar-refractivity contribution is -0.165. The molecule has 1 aliphatic carbocycles. The largest absolute Gasteiger partial charge is 0.497 e. The Morgan fingerprint density at radius 1 is 1.10 bits per heavy atom. The second-order valence-electron chi connectivity index (χ2n) is 15.0. The third-order valence-electron chi connectivity index (χ3n) is 9.00. The van der Waals surface area contributed by atoms with Crippen LogP contribution in [-0.4, -0.2) is 76.4 Å². The number of alkyl carbamates (subject to hydrolysis) is 1. The van der Waals surface area contributed by atoms with Gasteiger partial charge in [-0.25, -0.2) is 19.6 Å². The molecule has 0 unspecified atom stereocenters. The lowest BCUT2D eigenvalue weighted by atomic mass is 9.85. The number of benzene rings is 1. The predicted molar refractivity (Wildman–Crippen MR) is 184 cm³/mol. The van der Waals surface area contributed by atoms with Crippen LogP contribution in [0.2, 0.25) is 5.15 Å². The number of nitrogens with zero attached hydrogens (tertiary/aromatic N) is 3. The highest BCUT2D eigenvalue weighted by atomic mass is 35.5. The SMILES string of the molecule is C=CCCC[C@@H]1CCC[C@H]1OC(=O)N[C@H](C(=O)N1C[C@H](Oc2nc3cc(OC)ccc3nc2Cl)[C@@H](C)[C@H]1C(=O)OC(C)(C)C)C(C)(C)C. The zero-order valence-electron chi connectivity index (χ0n) is 29.5. The number of rotatable bonds is 11. The maximum absolute atomic E-state index is 14.5. The second-order valence-corrected chi connectivity index (χ2v) is 15.3. The quantitative estimate of drug-likeness (QED) is 0.153. The second kappa shape index (κ2) is 15.3. The van der Waals surface area contributed by atoms with Gasteiger partial charge in [-0.3, -0.25) is 4.79 Å². The summed E-state index contributed by atoms with van der Waals surface area (Å²) in [6.07, 6.45) is 5.99. The summed E-state index contributed by atoms with van der Waals surface area (Å²) >= 11 is 6.50. The molecule has 264 valence electrons. The molecule has 11 nitrogen and oxygen atoms in total. The summed E-state index contributed by atoms with van der Waals surface area (Å²) in [5, 5.41) is 2.91. The van der Waals surface area contributed by atoms with E-state index in [1.54, 1.807) is 46.1 Å². The summed E-state index contributed by atoms with van der Waals surface area (Å²) in [6.45, 7) is 16.5. The number of ether oxygens (including phenoxy) is 4. The number of carbonyl (C=O) groups is 3. The van der Waals surface area contributed by atoms with E-state index >= 15 is 0 Å². The summed E-state index contributed by atoms with van der Waals surface area (Å²) in [5.41, 5.74) is -0.451. The molecule has 12 heteroatoms. The highest BCUT2D eigenvalue weighted by Gasteiger charge is 2.51. The van der Waals surface area contributed by atoms with Crippen molar-refractivity contribution in [3.63, 3.8) is 0 Å². The number of halogens is 1. The van der Waals surface area contributed by atoms with Crippen LogP contribution in [-0.2, 0) is 19.1 Å². The Hall–Kier alpha value is -3.60. The first-order valence-electron chi connectivity index (χ1n) is 16.8. The number of unbranched alkanes of at least 4 members (excludes halogenated alkanes) is 1. The number of allylic oxidation sites excluding steroid dienone is 1. The van der Waals surface area contributed by atoms with Gasteiger partial charge in [-0.2, -0.15) is 0 Å². The van der Waals surface area contributed by atoms with E-state index in [1.807, 2.05) is 33.8 Å². The molecular weight excluding hydrogens is 636 g/mol. The molecular formula is C36H51ClN4O7. The van der Waals surface area contributed by atoms with Crippen LogP contribution in [0.1, 0.15) is 87.0 Å². The van der Waals surface area contributed by atoms with Gasteiger partial charge in [0.15, 0.2) is 5.15 Å². The molecule has 6 atom stereocenters. The molecule has 2 aliphatic rings. The molecule has 1 N–H and O–H groups in total. The lowest BCUT2D eigenvalue weighted by Gasteiger charge is -2.36. The standard InChI is InChI=1S/C36H51ClN4O7/c1-10-11-12-14-22-15-13-16-26(22)47-34(44)40-29(35(3,4)5)32(42)41-20-27(21(2)28(41)33(43)48-36(6,7)8)46-31-30(37)38-24-18-17-23(45-9)19-25(24)39-31/h10,17-19,21-22,26-29H,1,11-16,20H2,2-9H3,(H,40,44)/t21-,22-,26-,27+,28+,29-/m1/s1. The van der Waals surface area contributed by atoms with Gasteiger partial charge in [0.1, 0.15) is 35.6 Å². The minimum atomic E-state index is -1.00. The molecule has 2 heterocycles. The molecule has 0 radical (unpaired) electrons. The van der Waals surface area contributed by atoms with E-state index in [-0.39, 0.29) is 29.6 Å². The van der Waals surface area contributed by atoms with Crippen LogP contribution in [0.5, 0.6) is 11.6 Å². The molecule has 1 aliphatic heterocycles. The van der Waals surface area contributed by atoms with Gasteiger partial charge < -0.3 is 29.2 Å². The van der Waals surface area contributed by atoms with Gasteiger partial charge >= 0.3 is 12.1 Å². The number of likely N-dealkylation sites (tertiary alicyclic amines) is 1. The molecule has 4 rings (SSSR count). The summed E-state index contributed by atoms with van der Waals surface area (Å²) < 4.78 is 23.3. The minimum absolute atomic E-state index is 0.0232. The van der Waals surface area contributed by atoms with E-state index < -0.39 is 53.1 Å². The van der Waals surface area contributed by atoms with Gasteiger partial charge in [0, 0.05) is 12.0 Å². The van der Waals surface area contributed by atoms with E-state index in [0.717, 1.165) is 38.5 Å². The highest BCUT2D eigenvalue weighted by Crippen LogP contribution is 2.36. The number of fused-ring (bicyclic) bond motifs is 1. The van der Waals surface area contributed by atoms with Crippen molar-refractivity contribution in [2.24, 2.45) is 17.3 Å².